The quantitative estimate of drug-likeness (QED) is 0.796. The number of amides is 1. The second-order valence-electron chi connectivity index (χ2n) is 5.90. The fourth-order valence-electron chi connectivity index (χ4n) is 2.97. The molecule has 3 aromatic rings. The van der Waals surface area contributed by atoms with Crippen LogP contribution >= 0.6 is 0 Å². The Kier molecular flexibility index (Phi) is 4.21. The minimum atomic E-state index is -0.214. The topological polar surface area (TPSA) is 51.1 Å². The normalized spacial score (nSPS) is 10.8. The molecular formula is C20H20N2O2. The van der Waals surface area contributed by atoms with Crippen LogP contribution in [0.5, 0.6) is 0 Å². The fourth-order valence-corrected chi connectivity index (χ4v) is 2.97. The fraction of sp³-hybridized carbons (Fsp3) is 0.200. The third-order valence-electron chi connectivity index (χ3n) is 4.29. The number of carbonyl (C=O) groups excluding carboxylic acids is 1. The van der Waals surface area contributed by atoms with Crippen LogP contribution in [0.1, 0.15) is 28.5 Å². The van der Waals surface area contributed by atoms with Gasteiger partial charge in [0, 0.05) is 34.9 Å². The van der Waals surface area contributed by atoms with Gasteiger partial charge in [0.25, 0.3) is 5.91 Å². The monoisotopic (exact) mass is 320 g/mol. The highest BCUT2D eigenvalue weighted by Crippen LogP contribution is 2.18. The molecule has 0 aliphatic heterocycles. The van der Waals surface area contributed by atoms with Crippen molar-refractivity contribution in [2.45, 2.75) is 27.3 Å². The molecule has 0 spiro atoms. The van der Waals surface area contributed by atoms with Crippen LogP contribution < -0.4 is 10.7 Å². The van der Waals surface area contributed by atoms with Gasteiger partial charge in [-0.25, -0.2) is 0 Å². The van der Waals surface area contributed by atoms with Crippen LogP contribution in [-0.4, -0.2) is 10.5 Å². The summed E-state index contributed by atoms with van der Waals surface area (Å²) in [5.74, 6) is -0.214. The number of nitrogens with one attached hydrogen (secondary N) is 1. The van der Waals surface area contributed by atoms with Gasteiger partial charge in [0.2, 0.25) is 0 Å². The number of aromatic nitrogens is 1. The number of para-hydroxylation sites is 1. The Bertz CT molecular complexity index is 987. The second kappa shape index (κ2) is 6.32. The van der Waals surface area contributed by atoms with Crippen molar-refractivity contribution in [3.05, 3.63) is 75.6 Å². The molecule has 1 N–H and O–H groups in total. The van der Waals surface area contributed by atoms with Crippen molar-refractivity contribution in [2.75, 3.05) is 5.32 Å². The van der Waals surface area contributed by atoms with Gasteiger partial charge in [-0.15, -0.1) is 0 Å². The van der Waals surface area contributed by atoms with Crippen molar-refractivity contribution in [1.82, 2.24) is 4.57 Å². The van der Waals surface area contributed by atoms with Crippen molar-refractivity contribution < 1.29 is 4.79 Å². The van der Waals surface area contributed by atoms with Gasteiger partial charge in [-0.2, -0.15) is 0 Å². The summed E-state index contributed by atoms with van der Waals surface area (Å²) in [6.07, 6.45) is 0. The average Bonchev–Trinajstić information content (AvgIpc) is 2.57. The summed E-state index contributed by atoms with van der Waals surface area (Å²) < 4.78 is 2.07. The molecule has 0 atom stereocenters. The van der Waals surface area contributed by atoms with E-state index in [4.69, 9.17) is 0 Å². The summed E-state index contributed by atoms with van der Waals surface area (Å²) in [6, 6.07) is 14.5. The van der Waals surface area contributed by atoms with Crippen molar-refractivity contribution in [1.29, 1.82) is 0 Å². The number of aryl methyl sites for hydroxylation is 3. The number of anilines is 1. The van der Waals surface area contributed by atoms with E-state index in [0.29, 0.717) is 10.9 Å². The molecule has 1 aromatic heterocycles. The van der Waals surface area contributed by atoms with Crippen molar-refractivity contribution in [3.63, 3.8) is 0 Å². The molecule has 0 aliphatic carbocycles. The first-order valence-corrected chi connectivity index (χ1v) is 8.02. The van der Waals surface area contributed by atoms with Gasteiger partial charge in [-0.3, -0.25) is 9.59 Å². The molecule has 0 bridgehead atoms. The molecule has 1 heterocycles. The van der Waals surface area contributed by atoms with Gasteiger partial charge in [-0.05, 0) is 50.6 Å². The summed E-state index contributed by atoms with van der Waals surface area (Å²) in [5.41, 5.74) is 3.97. The van der Waals surface area contributed by atoms with Gasteiger partial charge in [0.05, 0.1) is 5.52 Å². The Labute approximate surface area is 140 Å². The Hall–Kier alpha value is -2.88. The highest BCUT2D eigenvalue weighted by Gasteiger charge is 2.11. The Morgan fingerprint density at radius 3 is 2.54 bits per heavy atom. The SMILES string of the molecule is CCn1c(C)cc(=O)c2cc(C(=O)Nc3ccccc3C)ccc21. The molecule has 1 amide bonds. The first-order chi connectivity index (χ1) is 11.5. The molecule has 0 unspecified atom stereocenters. The Balaban J connectivity index is 2.04. The minimum absolute atomic E-state index is 0.0576. The van der Waals surface area contributed by atoms with E-state index in [0.717, 1.165) is 29.0 Å². The lowest BCUT2D eigenvalue weighted by Gasteiger charge is -2.13. The standard InChI is InChI=1S/C20H20N2O2/c1-4-22-14(3)11-19(23)16-12-15(9-10-18(16)22)20(24)21-17-8-6-5-7-13(17)2/h5-12H,4H2,1-3H3,(H,21,24). The zero-order valence-corrected chi connectivity index (χ0v) is 14.1. The van der Waals surface area contributed by atoms with Crippen molar-refractivity contribution >= 4 is 22.5 Å². The van der Waals surface area contributed by atoms with Crippen molar-refractivity contribution in [2.24, 2.45) is 0 Å². The van der Waals surface area contributed by atoms with Crippen LogP contribution in [0, 0.1) is 13.8 Å². The summed E-state index contributed by atoms with van der Waals surface area (Å²) in [6.45, 7) is 6.68. The number of hydrogen-bond acceptors (Lipinski definition) is 2. The van der Waals surface area contributed by atoms with E-state index in [2.05, 4.69) is 9.88 Å². The number of nitrogens with zero attached hydrogens (tertiary/aromatic N) is 1. The zero-order chi connectivity index (χ0) is 17.3. The first-order valence-electron chi connectivity index (χ1n) is 8.02. The molecule has 4 nitrogen and oxygen atoms in total. The lowest BCUT2D eigenvalue weighted by atomic mass is 10.1. The van der Waals surface area contributed by atoms with E-state index in [-0.39, 0.29) is 11.3 Å². The summed E-state index contributed by atoms with van der Waals surface area (Å²) in [5, 5.41) is 3.47. The van der Waals surface area contributed by atoms with Gasteiger partial charge < -0.3 is 9.88 Å². The molecule has 24 heavy (non-hydrogen) atoms. The maximum absolute atomic E-state index is 12.5. The van der Waals surface area contributed by atoms with Gasteiger partial charge in [-0.1, -0.05) is 18.2 Å². The predicted octanol–water partition coefficient (Wildman–Crippen LogP) is 3.89. The third kappa shape index (κ3) is 2.83. The largest absolute Gasteiger partial charge is 0.345 e. The maximum Gasteiger partial charge on any atom is 0.255 e. The van der Waals surface area contributed by atoms with Gasteiger partial charge >= 0.3 is 0 Å². The highest BCUT2D eigenvalue weighted by molar-refractivity contribution is 6.06. The molecule has 0 saturated carbocycles. The van der Waals surface area contributed by atoms with E-state index < -0.39 is 0 Å². The van der Waals surface area contributed by atoms with E-state index in [1.165, 1.54) is 0 Å². The Morgan fingerprint density at radius 2 is 1.83 bits per heavy atom. The van der Waals surface area contributed by atoms with Gasteiger partial charge in [0.1, 0.15) is 0 Å². The molecule has 0 saturated heterocycles. The highest BCUT2D eigenvalue weighted by atomic mass is 16.1. The van der Waals surface area contributed by atoms with Crippen LogP contribution in [0.15, 0.2) is 53.3 Å². The molecule has 0 fully saturated rings. The smallest absolute Gasteiger partial charge is 0.255 e. The lowest BCUT2D eigenvalue weighted by Crippen LogP contribution is -2.15. The van der Waals surface area contributed by atoms with Crippen LogP contribution in [0.25, 0.3) is 10.9 Å². The molecule has 4 heteroatoms. The summed E-state index contributed by atoms with van der Waals surface area (Å²) in [7, 11) is 0. The van der Waals surface area contributed by atoms with E-state index in [1.54, 1.807) is 18.2 Å². The third-order valence-corrected chi connectivity index (χ3v) is 4.29. The number of benzene rings is 2. The molecule has 0 radical (unpaired) electrons. The van der Waals surface area contributed by atoms with Crippen LogP contribution in [-0.2, 0) is 6.54 Å². The van der Waals surface area contributed by atoms with Gasteiger partial charge in [0.15, 0.2) is 5.43 Å². The predicted molar refractivity (Wildman–Crippen MR) is 97.8 cm³/mol. The number of carbonyl (C=O) groups is 1. The number of fused-ring (bicyclic) bond motifs is 1. The molecular weight excluding hydrogens is 300 g/mol. The van der Waals surface area contributed by atoms with Crippen LogP contribution in [0.3, 0.4) is 0 Å². The molecule has 3 rings (SSSR count). The molecule has 0 aliphatic rings. The number of pyridine rings is 1. The summed E-state index contributed by atoms with van der Waals surface area (Å²) >= 11 is 0. The minimum Gasteiger partial charge on any atom is -0.345 e. The molecule has 122 valence electrons. The first kappa shape index (κ1) is 16.0. The number of rotatable bonds is 3. The Morgan fingerprint density at radius 1 is 1.08 bits per heavy atom. The average molecular weight is 320 g/mol. The zero-order valence-electron chi connectivity index (χ0n) is 14.1. The molecule has 2 aromatic carbocycles. The van der Waals surface area contributed by atoms with E-state index in [9.17, 15) is 9.59 Å². The van der Waals surface area contributed by atoms with Crippen LogP contribution in [0.4, 0.5) is 5.69 Å². The summed E-state index contributed by atoms with van der Waals surface area (Å²) in [4.78, 5) is 24.8. The van der Waals surface area contributed by atoms with Crippen LogP contribution in [0.2, 0.25) is 0 Å². The van der Waals surface area contributed by atoms with E-state index >= 15 is 0 Å². The second-order valence-corrected chi connectivity index (χ2v) is 5.90. The number of hydrogen-bond donors (Lipinski definition) is 1. The lowest BCUT2D eigenvalue weighted by molar-refractivity contribution is 0.102. The van der Waals surface area contributed by atoms with Crippen molar-refractivity contribution in [3.8, 4) is 0 Å². The van der Waals surface area contributed by atoms with E-state index in [1.807, 2.05) is 51.1 Å². The maximum atomic E-state index is 12.5.